The maximum absolute atomic E-state index is 5.45. The largest absolute Gasteiger partial charge is 0.392 e. The first-order valence-electron chi connectivity index (χ1n) is 2.36. The molecule has 0 unspecified atom stereocenters. The molecule has 42 valence electrons. The van der Waals surface area contributed by atoms with Crippen LogP contribution in [-0.2, 0) is 0 Å². The zero-order chi connectivity index (χ0) is 5.54. The van der Waals surface area contributed by atoms with Crippen LogP contribution in [0.15, 0.2) is 11.9 Å². The van der Waals surface area contributed by atoms with Crippen molar-refractivity contribution >= 4 is 19.9 Å². The van der Waals surface area contributed by atoms with Crippen LogP contribution < -0.4 is 5.32 Å². The lowest BCUT2D eigenvalue weighted by molar-refractivity contribution is 0.921. The van der Waals surface area contributed by atoms with Crippen molar-refractivity contribution in [3.05, 3.63) is 11.9 Å². The molecule has 0 rings (SSSR count). The summed E-state index contributed by atoms with van der Waals surface area (Å²) in [7, 11) is -0.377. The molecule has 0 saturated carbocycles. The molecule has 0 heterocycles. The van der Waals surface area contributed by atoms with Crippen LogP contribution in [0, 0.1) is 0 Å². The lowest BCUT2D eigenvalue weighted by atomic mass is 10.7. The van der Waals surface area contributed by atoms with Gasteiger partial charge in [0.05, 0.1) is 0 Å². The number of halogens is 1. The summed E-state index contributed by atoms with van der Waals surface area (Å²) in [6.07, 6.45) is 1.92. The normalized spacial score (nSPS) is 11.7. The van der Waals surface area contributed by atoms with E-state index in [1.54, 1.807) is 0 Å². The maximum atomic E-state index is 5.45. The van der Waals surface area contributed by atoms with E-state index in [1.807, 2.05) is 11.9 Å². The molecule has 0 amide bonds. The Balaban J connectivity index is 2.78. The summed E-state index contributed by atoms with van der Waals surface area (Å²) < 4.78 is 0. The van der Waals surface area contributed by atoms with Crippen LogP contribution in [0.5, 0.6) is 0 Å². The van der Waals surface area contributed by atoms with Crippen LogP contribution in [0.4, 0.5) is 0 Å². The van der Waals surface area contributed by atoms with Gasteiger partial charge in [0.2, 0.25) is 0 Å². The summed E-state index contributed by atoms with van der Waals surface area (Å²) in [5, 5.41) is 3.02. The second-order valence-corrected chi connectivity index (χ2v) is 2.82. The van der Waals surface area contributed by atoms with Crippen molar-refractivity contribution < 1.29 is 0 Å². The molecule has 0 atom stereocenters. The van der Waals surface area contributed by atoms with Crippen molar-refractivity contribution in [2.45, 2.75) is 6.92 Å². The first kappa shape index (κ1) is 7.05. The minimum atomic E-state index is -0.377. The van der Waals surface area contributed by atoms with Gasteiger partial charge in [-0.15, -0.1) is 0 Å². The zero-order valence-electron chi connectivity index (χ0n) is 4.45. The molecule has 0 radical (unpaired) electrons. The van der Waals surface area contributed by atoms with Crippen molar-refractivity contribution in [1.82, 2.24) is 5.32 Å². The van der Waals surface area contributed by atoms with Gasteiger partial charge in [0.25, 0.3) is 0 Å². The van der Waals surface area contributed by atoms with E-state index in [9.17, 15) is 0 Å². The number of rotatable bonds is 3. The summed E-state index contributed by atoms with van der Waals surface area (Å²) in [5.41, 5.74) is 2.01. The minimum Gasteiger partial charge on any atom is -0.392 e. The second-order valence-electron chi connectivity index (χ2n) is 1.11. The van der Waals surface area contributed by atoms with Gasteiger partial charge in [-0.3, -0.25) is 0 Å². The molecule has 1 N–H and O–H groups in total. The van der Waals surface area contributed by atoms with E-state index in [4.69, 9.17) is 11.1 Å². The lowest BCUT2D eigenvalue weighted by Gasteiger charge is -1.86. The van der Waals surface area contributed by atoms with E-state index in [0.717, 1.165) is 6.54 Å². The zero-order valence-corrected chi connectivity index (χ0v) is 6.62. The van der Waals surface area contributed by atoms with Gasteiger partial charge in [0, 0.05) is 6.54 Å². The second kappa shape index (κ2) is 6.05. The first-order valence-corrected chi connectivity index (χ1v) is 5.31. The van der Waals surface area contributed by atoms with Gasteiger partial charge in [-0.05, 0) is 13.1 Å². The average Bonchev–Trinajstić information content (AvgIpc) is 1.69. The van der Waals surface area contributed by atoms with Gasteiger partial charge < -0.3 is 5.32 Å². The molecule has 0 bridgehead atoms. The summed E-state index contributed by atoms with van der Waals surface area (Å²) in [6.45, 7) is 3.04. The number of hydrogen-bond donors (Lipinski definition) is 1. The molecular formula is C4H10ClNSi. The summed E-state index contributed by atoms with van der Waals surface area (Å²) in [4.78, 5) is 0. The van der Waals surface area contributed by atoms with Crippen molar-refractivity contribution in [2.24, 2.45) is 0 Å². The Bertz CT molecular complexity index is 55.7. The molecular weight excluding hydrogens is 126 g/mol. The van der Waals surface area contributed by atoms with Crippen LogP contribution in [0.2, 0.25) is 0 Å². The third-order valence-corrected chi connectivity index (χ3v) is 1.48. The van der Waals surface area contributed by atoms with Crippen LogP contribution in [0.3, 0.4) is 0 Å². The fraction of sp³-hybridized carbons (Fsp3) is 0.500. The molecule has 0 aliphatic carbocycles. The van der Waals surface area contributed by atoms with E-state index >= 15 is 0 Å². The molecule has 3 heteroatoms. The molecule has 7 heavy (non-hydrogen) atoms. The van der Waals surface area contributed by atoms with Crippen molar-refractivity contribution in [3.63, 3.8) is 0 Å². The predicted octanol–water partition coefficient (Wildman–Crippen LogP) is 0.390. The quantitative estimate of drug-likeness (QED) is 0.436. The Kier molecular flexibility index (Phi) is 6.09. The monoisotopic (exact) mass is 135 g/mol. The standard InChI is InChI=1S/C4H10ClNSi/c1-2-6-3-4-7-5/h3-4,6H,2,7H2,1H3. The lowest BCUT2D eigenvalue weighted by Crippen LogP contribution is -2.01. The Morgan fingerprint density at radius 1 is 1.86 bits per heavy atom. The van der Waals surface area contributed by atoms with Crippen LogP contribution in [0.25, 0.3) is 0 Å². The highest BCUT2D eigenvalue weighted by Crippen LogP contribution is 1.68. The van der Waals surface area contributed by atoms with Crippen molar-refractivity contribution in [3.8, 4) is 0 Å². The molecule has 0 aromatic heterocycles. The maximum Gasteiger partial charge on any atom is 0.150 e. The van der Waals surface area contributed by atoms with Crippen LogP contribution >= 0.6 is 11.1 Å². The molecule has 0 saturated heterocycles. The molecule has 1 nitrogen and oxygen atoms in total. The molecule has 0 fully saturated rings. The summed E-state index contributed by atoms with van der Waals surface area (Å²) in [5.74, 6) is 0. The summed E-state index contributed by atoms with van der Waals surface area (Å²) >= 11 is 5.45. The Morgan fingerprint density at radius 2 is 2.57 bits per heavy atom. The highest BCUT2D eigenvalue weighted by Gasteiger charge is 1.65. The van der Waals surface area contributed by atoms with Gasteiger partial charge >= 0.3 is 0 Å². The molecule has 0 aromatic rings. The van der Waals surface area contributed by atoms with E-state index in [0.29, 0.717) is 0 Å². The Hall–Kier alpha value is 0.0469. The van der Waals surface area contributed by atoms with Gasteiger partial charge in [-0.25, -0.2) is 0 Å². The Morgan fingerprint density at radius 3 is 3.00 bits per heavy atom. The van der Waals surface area contributed by atoms with E-state index in [-0.39, 0.29) is 8.83 Å². The van der Waals surface area contributed by atoms with E-state index in [2.05, 4.69) is 12.2 Å². The molecule has 0 aromatic carbocycles. The highest BCUT2D eigenvalue weighted by molar-refractivity contribution is 6.96. The fourth-order valence-electron chi connectivity index (χ4n) is 0.246. The van der Waals surface area contributed by atoms with Crippen molar-refractivity contribution in [1.29, 1.82) is 0 Å². The van der Waals surface area contributed by atoms with Crippen LogP contribution in [0.1, 0.15) is 6.92 Å². The third-order valence-electron chi connectivity index (χ3n) is 0.529. The Labute approximate surface area is 51.3 Å². The van der Waals surface area contributed by atoms with E-state index in [1.165, 1.54) is 0 Å². The van der Waals surface area contributed by atoms with Crippen molar-refractivity contribution in [2.75, 3.05) is 6.54 Å². The molecule has 0 spiro atoms. The van der Waals surface area contributed by atoms with E-state index < -0.39 is 0 Å². The van der Waals surface area contributed by atoms with Crippen LogP contribution in [-0.4, -0.2) is 15.4 Å². The average molecular weight is 136 g/mol. The smallest absolute Gasteiger partial charge is 0.150 e. The fourth-order valence-corrected chi connectivity index (χ4v) is 0.769. The molecule has 0 aliphatic rings. The summed E-state index contributed by atoms with van der Waals surface area (Å²) in [6, 6.07) is 0. The topological polar surface area (TPSA) is 12.0 Å². The molecule has 0 aliphatic heterocycles. The first-order chi connectivity index (χ1) is 3.41. The van der Waals surface area contributed by atoms with Gasteiger partial charge in [0.15, 0.2) is 0 Å². The number of nitrogens with one attached hydrogen (secondary N) is 1. The third kappa shape index (κ3) is 6.05. The SMILES string of the molecule is CCNC=C[SiH2]Cl. The van der Waals surface area contributed by atoms with Gasteiger partial charge in [0.1, 0.15) is 8.83 Å². The highest BCUT2D eigenvalue weighted by atomic mass is 35.6. The minimum absolute atomic E-state index is 0.377. The van der Waals surface area contributed by atoms with Gasteiger partial charge in [-0.2, -0.15) is 11.1 Å². The number of hydrogen-bond acceptors (Lipinski definition) is 1. The predicted molar refractivity (Wildman–Crippen MR) is 37.2 cm³/mol. The van der Waals surface area contributed by atoms with Gasteiger partial charge in [-0.1, -0.05) is 5.70 Å².